The van der Waals surface area contributed by atoms with E-state index < -0.39 is 17.4 Å². The van der Waals surface area contributed by atoms with Gasteiger partial charge in [0.25, 0.3) is 0 Å². The van der Waals surface area contributed by atoms with Gasteiger partial charge in [-0.3, -0.25) is 9.59 Å². The molecule has 0 aliphatic heterocycles. The van der Waals surface area contributed by atoms with Crippen molar-refractivity contribution in [2.24, 2.45) is 5.41 Å². The SMILES string of the molecule is CCOC(=O)C(CC)(C[C@@H](C)c1ccccc1)C(=O)OCC. The van der Waals surface area contributed by atoms with Crippen LogP contribution in [0, 0.1) is 5.41 Å². The molecule has 0 amide bonds. The molecular formula is C18H26O4. The lowest BCUT2D eigenvalue weighted by molar-refractivity contribution is -0.173. The van der Waals surface area contributed by atoms with Gasteiger partial charge in [-0.1, -0.05) is 44.2 Å². The summed E-state index contributed by atoms with van der Waals surface area (Å²) in [6, 6.07) is 9.85. The lowest BCUT2D eigenvalue weighted by Gasteiger charge is -2.30. The molecule has 0 fully saturated rings. The number of carbonyl (C=O) groups is 2. The Morgan fingerprint density at radius 3 is 1.91 bits per heavy atom. The Morgan fingerprint density at radius 2 is 1.50 bits per heavy atom. The van der Waals surface area contributed by atoms with Gasteiger partial charge in [0.1, 0.15) is 0 Å². The van der Waals surface area contributed by atoms with E-state index in [-0.39, 0.29) is 19.1 Å². The maximum Gasteiger partial charge on any atom is 0.323 e. The number of carbonyl (C=O) groups excluding carboxylic acids is 2. The van der Waals surface area contributed by atoms with Crippen LogP contribution in [0.5, 0.6) is 0 Å². The maximum atomic E-state index is 12.5. The molecule has 0 saturated carbocycles. The zero-order valence-corrected chi connectivity index (χ0v) is 13.9. The van der Waals surface area contributed by atoms with Gasteiger partial charge in [-0.25, -0.2) is 0 Å². The average Bonchev–Trinajstić information content (AvgIpc) is 2.53. The van der Waals surface area contributed by atoms with Crippen LogP contribution in [-0.4, -0.2) is 25.2 Å². The summed E-state index contributed by atoms with van der Waals surface area (Å²) in [5.74, 6) is -0.924. The molecular weight excluding hydrogens is 280 g/mol. The van der Waals surface area contributed by atoms with Crippen LogP contribution in [0.2, 0.25) is 0 Å². The number of benzene rings is 1. The summed E-state index contributed by atoms with van der Waals surface area (Å²) < 4.78 is 10.3. The second-order valence-electron chi connectivity index (χ2n) is 5.39. The van der Waals surface area contributed by atoms with Crippen LogP contribution in [0.3, 0.4) is 0 Å². The minimum Gasteiger partial charge on any atom is -0.465 e. The summed E-state index contributed by atoms with van der Waals surface area (Å²) >= 11 is 0. The number of esters is 2. The summed E-state index contributed by atoms with van der Waals surface area (Å²) in [4.78, 5) is 24.9. The summed E-state index contributed by atoms with van der Waals surface area (Å²) in [5.41, 5.74) is -0.143. The highest BCUT2D eigenvalue weighted by Gasteiger charge is 2.48. The largest absolute Gasteiger partial charge is 0.465 e. The standard InChI is InChI=1S/C18H26O4/c1-5-18(16(19)21-6-2,17(20)22-7-3)13-14(4)15-11-9-8-10-12-15/h8-12,14H,5-7,13H2,1-4H3/t14-/m1/s1. The fraction of sp³-hybridized carbons (Fsp3) is 0.556. The van der Waals surface area contributed by atoms with Gasteiger partial charge in [0, 0.05) is 0 Å². The number of hydrogen-bond donors (Lipinski definition) is 0. The van der Waals surface area contributed by atoms with Crippen molar-refractivity contribution in [2.75, 3.05) is 13.2 Å². The van der Waals surface area contributed by atoms with Gasteiger partial charge >= 0.3 is 11.9 Å². The van der Waals surface area contributed by atoms with Crippen molar-refractivity contribution < 1.29 is 19.1 Å². The molecule has 0 N–H and O–H groups in total. The topological polar surface area (TPSA) is 52.6 Å². The Hall–Kier alpha value is -1.84. The maximum absolute atomic E-state index is 12.5. The third-order valence-electron chi connectivity index (χ3n) is 3.96. The Balaban J connectivity index is 3.08. The minimum atomic E-state index is -1.23. The van der Waals surface area contributed by atoms with Gasteiger partial charge in [-0.05, 0) is 38.2 Å². The molecule has 1 atom stereocenters. The second-order valence-corrected chi connectivity index (χ2v) is 5.39. The van der Waals surface area contributed by atoms with E-state index >= 15 is 0 Å². The molecule has 0 aliphatic rings. The predicted molar refractivity (Wildman–Crippen MR) is 85.5 cm³/mol. The highest BCUT2D eigenvalue weighted by Crippen LogP contribution is 2.37. The average molecular weight is 306 g/mol. The highest BCUT2D eigenvalue weighted by molar-refractivity contribution is 6.00. The third kappa shape index (κ3) is 4.09. The van der Waals surface area contributed by atoms with Gasteiger partial charge in [0.2, 0.25) is 0 Å². The molecule has 0 bridgehead atoms. The Labute approximate surface area is 132 Å². The van der Waals surface area contributed by atoms with Crippen LogP contribution in [0.4, 0.5) is 0 Å². The van der Waals surface area contributed by atoms with Crippen molar-refractivity contribution >= 4 is 11.9 Å². The van der Waals surface area contributed by atoms with Gasteiger partial charge in [-0.15, -0.1) is 0 Å². The lowest BCUT2D eigenvalue weighted by Crippen LogP contribution is -2.42. The molecule has 4 heteroatoms. The number of ether oxygens (including phenoxy) is 2. The van der Waals surface area contributed by atoms with Crippen LogP contribution in [0.15, 0.2) is 30.3 Å². The lowest BCUT2D eigenvalue weighted by atomic mass is 9.75. The van der Waals surface area contributed by atoms with Crippen molar-refractivity contribution in [3.05, 3.63) is 35.9 Å². The molecule has 0 aliphatic carbocycles. The van der Waals surface area contributed by atoms with E-state index in [0.29, 0.717) is 12.8 Å². The molecule has 0 unspecified atom stereocenters. The van der Waals surface area contributed by atoms with E-state index in [9.17, 15) is 9.59 Å². The molecule has 1 aromatic rings. The fourth-order valence-corrected chi connectivity index (χ4v) is 2.64. The van der Waals surface area contributed by atoms with E-state index in [0.717, 1.165) is 5.56 Å². The van der Waals surface area contributed by atoms with E-state index in [1.165, 1.54) is 0 Å². The van der Waals surface area contributed by atoms with Gasteiger partial charge in [0.05, 0.1) is 13.2 Å². The minimum absolute atomic E-state index is 0.0509. The summed E-state index contributed by atoms with van der Waals surface area (Å²) in [7, 11) is 0. The van der Waals surface area contributed by atoms with Gasteiger partial charge in [-0.2, -0.15) is 0 Å². The highest BCUT2D eigenvalue weighted by atomic mass is 16.6. The molecule has 0 saturated heterocycles. The summed E-state index contributed by atoms with van der Waals surface area (Å²) in [6.07, 6.45) is 0.743. The molecule has 1 rings (SSSR count). The van der Waals surface area contributed by atoms with E-state index in [4.69, 9.17) is 9.47 Å². The molecule has 1 aromatic carbocycles. The van der Waals surface area contributed by atoms with Crippen LogP contribution in [-0.2, 0) is 19.1 Å². The van der Waals surface area contributed by atoms with Crippen LogP contribution >= 0.6 is 0 Å². The summed E-state index contributed by atoms with van der Waals surface area (Å²) in [6.45, 7) is 7.82. The van der Waals surface area contributed by atoms with Crippen molar-refractivity contribution in [3.63, 3.8) is 0 Å². The Morgan fingerprint density at radius 1 is 1.00 bits per heavy atom. The van der Waals surface area contributed by atoms with E-state index in [2.05, 4.69) is 0 Å². The normalized spacial score (nSPS) is 12.5. The number of hydrogen-bond acceptors (Lipinski definition) is 4. The first-order valence-corrected chi connectivity index (χ1v) is 7.91. The zero-order chi connectivity index (χ0) is 16.6. The van der Waals surface area contributed by atoms with Gasteiger partial charge in [0.15, 0.2) is 5.41 Å². The monoisotopic (exact) mass is 306 g/mol. The quantitative estimate of drug-likeness (QED) is 0.543. The molecule has 4 nitrogen and oxygen atoms in total. The smallest absolute Gasteiger partial charge is 0.323 e. The molecule has 0 heterocycles. The molecule has 22 heavy (non-hydrogen) atoms. The van der Waals surface area contributed by atoms with Crippen LogP contribution in [0.1, 0.15) is 52.0 Å². The predicted octanol–water partition coefficient (Wildman–Crippen LogP) is 3.70. The number of rotatable bonds is 8. The van der Waals surface area contributed by atoms with E-state index in [1.54, 1.807) is 13.8 Å². The van der Waals surface area contributed by atoms with Gasteiger partial charge < -0.3 is 9.47 Å². The van der Waals surface area contributed by atoms with Crippen LogP contribution in [0.25, 0.3) is 0 Å². The van der Waals surface area contributed by atoms with Crippen molar-refractivity contribution in [1.82, 2.24) is 0 Å². The molecule has 122 valence electrons. The molecule has 0 spiro atoms. The summed E-state index contributed by atoms with van der Waals surface area (Å²) in [5, 5.41) is 0. The molecule has 0 aromatic heterocycles. The van der Waals surface area contributed by atoms with Crippen LogP contribution < -0.4 is 0 Å². The first kappa shape index (κ1) is 18.2. The Bertz CT molecular complexity index is 463. The molecule has 0 radical (unpaired) electrons. The van der Waals surface area contributed by atoms with Crippen molar-refractivity contribution in [3.8, 4) is 0 Å². The van der Waals surface area contributed by atoms with Crippen molar-refractivity contribution in [1.29, 1.82) is 0 Å². The van der Waals surface area contributed by atoms with Crippen molar-refractivity contribution in [2.45, 2.75) is 46.5 Å². The second kappa shape index (κ2) is 8.57. The third-order valence-corrected chi connectivity index (χ3v) is 3.96. The zero-order valence-electron chi connectivity index (χ0n) is 13.9. The first-order valence-electron chi connectivity index (χ1n) is 7.91. The fourth-order valence-electron chi connectivity index (χ4n) is 2.64. The van der Waals surface area contributed by atoms with E-state index in [1.807, 2.05) is 44.2 Å². The first-order chi connectivity index (χ1) is 10.5. The Kier molecular flexibility index (Phi) is 7.09.